The molecule has 0 aromatic carbocycles. The summed E-state index contributed by atoms with van der Waals surface area (Å²) < 4.78 is 0. The van der Waals surface area contributed by atoms with Gasteiger partial charge in [-0.05, 0) is 24.7 Å². The molecule has 1 fully saturated rings. The molecule has 1 saturated carbocycles. The second-order valence-corrected chi connectivity index (χ2v) is 4.04. The standard InChI is InChI=1S/C9H13N.CH2O3/c1-7(6-10)4-8-5-9(8,2)3;2-1(3)4/h4,8H,5H2,1-3H3;(H2,2,3,4). The van der Waals surface area contributed by atoms with Crippen LogP contribution in [-0.4, -0.2) is 16.4 Å². The van der Waals surface area contributed by atoms with Gasteiger partial charge in [0.25, 0.3) is 0 Å². The quantitative estimate of drug-likeness (QED) is 0.633. The fourth-order valence-electron chi connectivity index (χ4n) is 1.13. The Morgan fingerprint density at radius 3 is 2.14 bits per heavy atom. The number of hydrogen-bond donors (Lipinski definition) is 2. The Bertz CT molecular complexity index is 282. The van der Waals surface area contributed by atoms with Gasteiger partial charge in [-0.2, -0.15) is 5.26 Å². The SMILES string of the molecule is CC(C#N)=CC1CC1(C)C.O=C(O)O. The molecule has 1 aliphatic carbocycles. The molecule has 0 aliphatic heterocycles. The molecule has 1 atom stereocenters. The van der Waals surface area contributed by atoms with E-state index in [1.54, 1.807) is 0 Å². The molecule has 0 saturated heterocycles. The first-order valence-corrected chi connectivity index (χ1v) is 4.30. The molecule has 0 aromatic rings. The zero-order valence-corrected chi connectivity index (χ0v) is 8.61. The van der Waals surface area contributed by atoms with Crippen molar-refractivity contribution < 1.29 is 15.0 Å². The number of carboxylic acid groups (broad SMARTS) is 2. The Morgan fingerprint density at radius 1 is 1.57 bits per heavy atom. The topological polar surface area (TPSA) is 81.3 Å². The van der Waals surface area contributed by atoms with E-state index in [1.807, 2.05) is 6.92 Å². The molecular formula is C10H15NO3. The first-order chi connectivity index (χ1) is 6.29. The minimum atomic E-state index is -1.83. The summed E-state index contributed by atoms with van der Waals surface area (Å²) in [5.41, 5.74) is 1.33. The molecule has 1 rings (SSSR count). The summed E-state index contributed by atoms with van der Waals surface area (Å²) in [7, 11) is 0. The van der Waals surface area contributed by atoms with Crippen molar-refractivity contribution in [2.24, 2.45) is 11.3 Å². The highest BCUT2D eigenvalue weighted by atomic mass is 16.6. The third kappa shape index (κ3) is 5.20. The van der Waals surface area contributed by atoms with Gasteiger partial charge in [0, 0.05) is 5.57 Å². The maximum atomic E-state index is 8.56. The van der Waals surface area contributed by atoms with Crippen LogP contribution in [-0.2, 0) is 0 Å². The van der Waals surface area contributed by atoms with Crippen molar-refractivity contribution in [2.45, 2.75) is 27.2 Å². The molecule has 1 aliphatic rings. The van der Waals surface area contributed by atoms with Gasteiger partial charge in [0.2, 0.25) is 0 Å². The Labute approximate surface area is 83.5 Å². The normalized spacial score (nSPS) is 22.7. The van der Waals surface area contributed by atoms with Gasteiger partial charge in [-0.3, -0.25) is 0 Å². The third-order valence-electron chi connectivity index (χ3n) is 2.22. The summed E-state index contributed by atoms with van der Waals surface area (Å²) in [5.74, 6) is 0.659. The largest absolute Gasteiger partial charge is 0.503 e. The maximum absolute atomic E-state index is 8.56. The number of carbonyl (C=O) groups is 1. The highest BCUT2D eigenvalue weighted by Crippen LogP contribution is 2.52. The van der Waals surface area contributed by atoms with E-state index in [0.29, 0.717) is 11.3 Å². The van der Waals surface area contributed by atoms with Crippen LogP contribution in [0.15, 0.2) is 11.6 Å². The lowest BCUT2D eigenvalue weighted by molar-refractivity contribution is 0.137. The van der Waals surface area contributed by atoms with E-state index in [4.69, 9.17) is 20.3 Å². The van der Waals surface area contributed by atoms with Crippen molar-refractivity contribution in [1.82, 2.24) is 0 Å². The summed E-state index contributed by atoms with van der Waals surface area (Å²) in [5, 5.41) is 22.4. The van der Waals surface area contributed by atoms with Crippen LogP contribution < -0.4 is 0 Å². The van der Waals surface area contributed by atoms with Gasteiger partial charge in [0.05, 0.1) is 6.07 Å². The molecule has 4 nitrogen and oxygen atoms in total. The van der Waals surface area contributed by atoms with E-state index >= 15 is 0 Å². The van der Waals surface area contributed by atoms with Crippen LogP contribution in [0.3, 0.4) is 0 Å². The number of nitrogens with zero attached hydrogens (tertiary/aromatic N) is 1. The lowest BCUT2D eigenvalue weighted by Crippen LogP contribution is -1.86. The second-order valence-electron chi connectivity index (χ2n) is 4.04. The monoisotopic (exact) mass is 197 g/mol. The van der Waals surface area contributed by atoms with Gasteiger partial charge in [-0.15, -0.1) is 0 Å². The zero-order valence-electron chi connectivity index (χ0n) is 8.61. The lowest BCUT2D eigenvalue weighted by Gasteiger charge is -1.95. The number of rotatable bonds is 1. The molecule has 0 spiro atoms. The van der Waals surface area contributed by atoms with Crippen molar-refractivity contribution in [3.05, 3.63) is 11.6 Å². The summed E-state index contributed by atoms with van der Waals surface area (Å²) in [4.78, 5) is 8.56. The van der Waals surface area contributed by atoms with Gasteiger partial charge in [0.15, 0.2) is 0 Å². The first-order valence-electron chi connectivity index (χ1n) is 4.30. The maximum Gasteiger partial charge on any atom is 0.503 e. The van der Waals surface area contributed by atoms with Crippen LogP contribution in [0.2, 0.25) is 0 Å². The van der Waals surface area contributed by atoms with E-state index in [9.17, 15) is 0 Å². The van der Waals surface area contributed by atoms with Crippen molar-refractivity contribution in [3.8, 4) is 6.07 Å². The Kier molecular flexibility index (Phi) is 4.16. The summed E-state index contributed by atoms with van der Waals surface area (Å²) in [6.45, 7) is 6.34. The molecule has 1 unspecified atom stereocenters. The van der Waals surface area contributed by atoms with Crippen LogP contribution in [0.25, 0.3) is 0 Å². The molecule has 0 aromatic heterocycles. The molecule has 2 N–H and O–H groups in total. The van der Waals surface area contributed by atoms with E-state index in [-0.39, 0.29) is 0 Å². The molecule has 78 valence electrons. The van der Waals surface area contributed by atoms with E-state index in [2.05, 4.69) is 26.0 Å². The number of allylic oxidation sites excluding steroid dienone is 2. The van der Waals surface area contributed by atoms with Crippen molar-refractivity contribution in [2.75, 3.05) is 0 Å². The van der Waals surface area contributed by atoms with Crippen molar-refractivity contribution in [3.63, 3.8) is 0 Å². The van der Waals surface area contributed by atoms with Crippen LogP contribution in [0, 0.1) is 22.7 Å². The fourth-order valence-corrected chi connectivity index (χ4v) is 1.13. The van der Waals surface area contributed by atoms with Crippen molar-refractivity contribution >= 4 is 6.16 Å². The van der Waals surface area contributed by atoms with Crippen LogP contribution >= 0.6 is 0 Å². The van der Waals surface area contributed by atoms with E-state index in [1.165, 1.54) is 6.42 Å². The average molecular weight is 197 g/mol. The minimum absolute atomic E-state index is 0.470. The van der Waals surface area contributed by atoms with Crippen LogP contribution in [0.5, 0.6) is 0 Å². The molecular weight excluding hydrogens is 182 g/mol. The van der Waals surface area contributed by atoms with Crippen LogP contribution in [0.4, 0.5) is 4.79 Å². The molecule has 0 bridgehead atoms. The van der Waals surface area contributed by atoms with Gasteiger partial charge >= 0.3 is 6.16 Å². The third-order valence-corrected chi connectivity index (χ3v) is 2.22. The molecule has 4 heteroatoms. The van der Waals surface area contributed by atoms with E-state index < -0.39 is 6.16 Å². The predicted octanol–water partition coefficient (Wildman–Crippen LogP) is 2.72. The molecule has 0 amide bonds. The molecule has 0 heterocycles. The van der Waals surface area contributed by atoms with E-state index in [0.717, 1.165) is 5.57 Å². The van der Waals surface area contributed by atoms with Gasteiger partial charge in [0.1, 0.15) is 0 Å². The van der Waals surface area contributed by atoms with Gasteiger partial charge in [-0.25, -0.2) is 4.79 Å². The summed E-state index contributed by atoms with van der Waals surface area (Å²) >= 11 is 0. The van der Waals surface area contributed by atoms with Crippen molar-refractivity contribution in [1.29, 1.82) is 5.26 Å². The fraction of sp³-hybridized carbons (Fsp3) is 0.600. The molecule has 14 heavy (non-hydrogen) atoms. The number of nitriles is 1. The lowest BCUT2D eigenvalue weighted by atomic mass is 10.1. The predicted molar refractivity (Wildman–Crippen MR) is 51.9 cm³/mol. The summed E-state index contributed by atoms with van der Waals surface area (Å²) in [6, 6.07) is 2.14. The highest BCUT2D eigenvalue weighted by Gasteiger charge is 2.43. The second kappa shape index (κ2) is 4.66. The Morgan fingerprint density at radius 2 is 1.93 bits per heavy atom. The Balaban J connectivity index is 0.000000364. The minimum Gasteiger partial charge on any atom is -0.450 e. The van der Waals surface area contributed by atoms with Gasteiger partial charge in [-0.1, -0.05) is 19.9 Å². The first kappa shape index (κ1) is 12.5. The van der Waals surface area contributed by atoms with Crippen LogP contribution in [0.1, 0.15) is 27.2 Å². The highest BCUT2D eigenvalue weighted by molar-refractivity contribution is 5.53. The zero-order chi connectivity index (χ0) is 11.4. The van der Waals surface area contributed by atoms with Gasteiger partial charge < -0.3 is 10.2 Å². The smallest absolute Gasteiger partial charge is 0.450 e. The summed E-state index contributed by atoms with van der Waals surface area (Å²) in [6.07, 6.45) is 1.49. The average Bonchev–Trinajstić information content (AvgIpc) is 2.57. The number of hydrogen-bond acceptors (Lipinski definition) is 2. The molecule has 0 radical (unpaired) electrons. The Hall–Kier alpha value is -1.50.